The van der Waals surface area contributed by atoms with Gasteiger partial charge in [0.05, 0.1) is 6.26 Å². The second-order valence-electron chi connectivity index (χ2n) is 3.71. The van der Waals surface area contributed by atoms with Crippen molar-refractivity contribution in [1.29, 1.82) is 0 Å². The van der Waals surface area contributed by atoms with Gasteiger partial charge in [-0.3, -0.25) is 4.99 Å². The number of benzene rings is 1. The lowest BCUT2D eigenvalue weighted by Crippen LogP contribution is -1.97. The van der Waals surface area contributed by atoms with Crippen LogP contribution >= 0.6 is 28.1 Å². The highest BCUT2D eigenvalue weighted by atomic mass is 79.9. The smallest absolute Gasteiger partial charge is 0.132 e. The molecule has 0 bridgehead atoms. The van der Waals surface area contributed by atoms with Crippen molar-refractivity contribution in [2.45, 2.75) is 12.5 Å². The Morgan fingerprint density at radius 3 is 2.89 bits per heavy atom. The Balaban J connectivity index is 2.33. The monoisotopic (exact) mass is 321 g/mol. The fourth-order valence-corrected chi connectivity index (χ4v) is 2.16. The molecule has 1 atom stereocenters. The Bertz CT molecular complexity index is 536. The van der Waals surface area contributed by atoms with Gasteiger partial charge in [-0.15, -0.1) is 0 Å². The van der Waals surface area contributed by atoms with Gasteiger partial charge in [-0.1, -0.05) is 40.3 Å². The molecule has 92 valence electrons. The number of halogens is 1. The Labute approximate surface area is 120 Å². The van der Waals surface area contributed by atoms with Gasteiger partial charge in [0.2, 0.25) is 0 Å². The van der Waals surface area contributed by atoms with Gasteiger partial charge in [-0.05, 0) is 35.2 Å². The van der Waals surface area contributed by atoms with Gasteiger partial charge in [-0.2, -0.15) is 0 Å². The Kier molecular flexibility index (Phi) is 4.84. The van der Waals surface area contributed by atoms with E-state index in [1.54, 1.807) is 11.6 Å². The van der Waals surface area contributed by atoms with Crippen LogP contribution in [0.1, 0.15) is 23.8 Å². The van der Waals surface area contributed by atoms with Gasteiger partial charge in [-0.25, -0.2) is 0 Å². The first-order valence-corrected chi connectivity index (χ1v) is 6.82. The van der Waals surface area contributed by atoms with Crippen LogP contribution in [0.15, 0.2) is 56.5 Å². The van der Waals surface area contributed by atoms with Crippen molar-refractivity contribution in [2.75, 3.05) is 0 Å². The standard InChI is InChI=1S/C14H12BrNOS/c15-12-5-1-4-11(10-12)14(16-7-3-9-18)13-6-2-8-17-13/h1-2,4-10,14H,3H2. The second-order valence-corrected chi connectivity index (χ2v) is 4.96. The summed E-state index contributed by atoms with van der Waals surface area (Å²) in [6.07, 6.45) is 4.16. The van der Waals surface area contributed by atoms with Crippen molar-refractivity contribution >= 4 is 39.7 Å². The van der Waals surface area contributed by atoms with E-state index in [2.05, 4.69) is 20.9 Å². The molecule has 1 heterocycles. The molecule has 0 aliphatic carbocycles. The summed E-state index contributed by atoms with van der Waals surface area (Å²) >= 11 is 8.26. The predicted molar refractivity (Wildman–Crippen MR) is 81.5 cm³/mol. The zero-order chi connectivity index (χ0) is 12.8. The molecule has 18 heavy (non-hydrogen) atoms. The zero-order valence-corrected chi connectivity index (χ0v) is 12.0. The van der Waals surface area contributed by atoms with Crippen LogP contribution < -0.4 is 0 Å². The molecule has 2 rings (SSSR count). The zero-order valence-electron chi connectivity index (χ0n) is 9.62. The average molecular weight is 322 g/mol. The van der Waals surface area contributed by atoms with Gasteiger partial charge in [0.15, 0.2) is 0 Å². The summed E-state index contributed by atoms with van der Waals surface area (Å²) in [4.78, 5) is 4.53. The van der Waals surface area contributed by atoms with Crippen molar-refractivity contribution in [1.82, 2.24) is 0 Å². The first-order valence-electron chi connectivity index (χ1n) is 5.55. The van der Waals surface area contributed by atoms with E-state index in [1.807, 2.05) is 42.6 Å². The summed E-state index contributed by atoms with van der Waals surface area (Å²) in [7, 11) is 0. The highest BCUT2D eigenvalue weighted by molar-refractivity contribution is 9.10. The Morgan fingerprint density at radius 2 is 2.22 bits per heavy atom. The minimum Gasteiger partial charge on any atom is -0.467 e. The third kappa shape index (κ3) is 3.37. The first-order chi connectivity index (χ1) is 8.81. The molecule has 1 aromatic heterocycles. The van der Waals surface area contributed by atoms with Gasteiger partial charge >= 0.3 is 0 Å². The third-order valence-corrected chi connectivity index (χ3v) is 3.12. The number of aliphatic imine (C=N–C) groups is 1. The first kappa shape index (κ1) is 13.2. The maximum atomic E-state index is 5.46. The number of hydrogen-bond acceptors (Lipinski definition) is 3. The van der Waals surface area contributed by atoms with Crippen LogP contribution in [0.4, 0.5) is 0 Å². The van der Waals surface area contributed by atoms with E-state index >= 15 is 0 Å². The van der Waals surface area contributed by atoms with Gasteiger partial charge < -0.3 is 4.42 Å². The van der Waals surface area contributed by atoms with Crippen LogP contribution in [0.2, 0.25) is 0 Å². The van der Waals surface area contributed by atoms with Crippen molar-refractivity contribution < 1.29 is 4.42 Å². The molecule has 0 fully saturated rings. The van der Waals surface area contributed by atoms with Crippen LogP contribution in [-0.4, -0.2) is 11.6 Å². The normalized spacial score (nSPS) is 12.7. The van der Waals surface area contributed by atoms with E-state index in [0.717, 1.165) is 15.8 Å². The summed E-state index contributed by atoms with van der Waals surface area (Å²) in [6, 6.07) is 11.7. The number of hydrogen-bond donors (Lipinski definition) is 0. The quantitative estimate of drug-likeness (QED) is 0.594. The lowest BCUT2D eigenvalue weighted by atomic mass is 10.1. The average Bonchev–Trinajstić information content (AvgIpc) is 2.88. The van der Waals surface area contributed by atoms with Gasteiger partial charge in [0.25, 0.3) is 0 Å². The minimum atomic E-state index is -0.118. The molecule has 0 saturated heterocycles. The number of furan rings is 1. The maximum Gasteiger partial charge on any atom is 0.132 e. The number of nitrogens with zero attached hydrogens (tertiary/aromatic N) is 1. The summed E-state index contributed by atoms with van der Waals surface area (Å²) < 4.78 is 6.48. The maximum absolute atomic E-state index is 5.46. The number of thiocarbonyl (C=S) groups is 1. The Morgan fingerprint density at radius 1 is 1.33 bits per heavy atom. The molecule has 0 saturated carbocycles. The molecule has 4 heteroatoms. The molecule has 0 aliphatic heterocycles. The molecule has 0 aliphatic rings. The molecule has 1 aromatic carbocycles. The molecule has 0 spiro atoms. The lowest BCUT2D eigenvalue weighted by Gasteiger charge is -2.10. The van der Waals surface area contributed by atoms with Gasteiger partial charge in [0, 0.05) is 17.1 Å². The predicted octanol–water partition coefficient (Wildman–Crippen LogP) is 4.59. The van der Waals surface area contributed by atoms with E-state index in [9.17, 15) is 0 Å². The molecule has 0 N–H and O–H groups in total. The fourth-order valence-electron chi connectivity index (χ4n) is 1.66. The van der Waals surface area contributed by atoms with E-state index < -0.39 is 0 Å². The second kappa shape index (κ2) is 6.61. The van der Waals surface area contributed by atoms with E-state index in [0.29, 0.717) is 6.42 Å². The largest absolute Gasteiger partial charge is 0.467 e. The van der Waals surface area contributed by atoms with E-state index in [-0.39, 0.29) is 6.04 Å². The molecule has 0 radical (unpaired) electrons. The minimum absolute atomic E-state index is 0.118. The summed E-state index contributed by atoms with van der Waals surface area (Å²) in [5, 5.41) is 1.66. The molecular formula is C14H12BrNOS. The highest BCUT2D eigenvalue weighted by Crippen LogP contribution is 2.28. The van der Waals surface area contributed by atoms with Crippen LogP contribution in [0, 0.1) is 0 Å². The molecule has 0 amide bonds. The van der Waals surface area contributed by atoms with Crippen molar-refractivity contribution in [3.8, 4) is 0 Å². The lowest BCUT2D eigenvalue weighted by molar-refractivity contribution is 0.491. The van der Waals surface area contributed by atoms with Crippen LogP contribution in [0.5, 0.6) is 0 Å². The summed E-state index contributed by atoms with van der Waals surface area (Å²) in [5.41, 5.74) is 1.08. The number of rotatable bonds is 5. The SMILES string of the molecule is S=CCC=NC(c1cccc(Br)c1)c1ccco1. The highest BCUT2D eigenvalue weighted by Gasteiger charge is 2.14. The van der Waals surface area contributed by atoms with E-state index in [1.165, 1.54) is 0 Å². The van der Waals surface area contributed by atoms with Crippen LogP contribution in [0.25, 0.3) is 0 Å². The Hall–Kier alpha value is -1.26. The molecule has 2 nitrogen and oxygen atoms in total. The summed E-state index contributed by atoms with van der Waals surface area (Å²) in [6.45, 7) is 0. The molecule has 1 unspecified atom stereocenters. The van der Waals surface area contributed by atoms with Crippen molar-refractivity contribution in [3.05, 3.63) is 58.5 Å². The topological polar surface area (TPSA) is 25.5 Å². The summed E-state index contributed by atoms with van der Waals surface area (Å²) in [5.74, 6) is 0.828. The van der Waals surface area contributed by atoms with Crippen molar-refractivity contribution in [3.63, 3.8) is 0 Å². The van der Waals surface area contributed by atoms with Crippen LogP contribution in [-0.2, 0) is 0 Å². The van der Waals surface area contributed by atoms with Gasteiger partial charge in [0.1, 0.15) is 11.8 Å². The molecule has 2 aromatic rings. The fraction of sp³-hybridized carbons (Fsp3) is 0.143. The van der Waals surface area contributed by atoms with Crippen molar-refractivity contribution in [2.24, 2.45) is 4.99 Å². The van der Waals surface area contributed by atoms with E-state index in [4.69, 9.17) is 16.6 Å². The molecular weight excluding hydrogens is 310 g/mol. The third-order valence-electron chi connectivity index (χ3n) is 2.43. The van der Waals surface area contributed by atoms with Crippen LogP contribution in [0.3, 0.4) is 0 Å².